The van der Waals surface area contributed by atoms with Crippen molar-refractivity contribution in [1.82, 2.24) is 4.98 Å². The zero-order chi connectivity index (χ0) is 10.3. The predicted molar refractivity (Wildman–Crippen MR) is 55.1 cm³/mol. The first kappa shape index (κ1) is 8.71. The Morgan fingerprint density at radius 2 is 2.40 bits per heavy atom. The second kappa shape index (κ2) is 3.22. The molecule has 0 spiro atoms. The minimum atomic E-state index is 0.529. The van der Waals surface area contributed by atoms with E-state index in [0.29, 0.717) is 24.9 Å². The van der Waals surface area contributed by atoms with Crippen LogP contribution in [0.3, 0.4) is 0 Å². The Morgan fingerprint density at radius 3 is 3.13 bits per heavy atom. The lowest BCUT2D eigenvalue weighted by Gasteiger charge is -2.25. The highest BCUT2D eigenvalue weighted by atomic mass is 16.5. The van der Waals surface area contributed by atoms with Crippen molar-refractivity contribution in [2.24, 2.45) is 0 Å². The van der Waals surface area contributed by atoms with Crippen LogP contribution in [-0.4, -0.2) is 24.5 Å². The number of hydrogen-bond acceptors (Lipinski definition) is 3. The number of rotatable bonds is 2. The molecule has 0 N–H and O–H groups in total. The third-order valence-corrected chi connectivity index (χ3v) is 2.91. The molecule has 15 heavy (non-hydrogen) atoms. The summed E-state index contributed by atoms with van der Waals surface area (Å²) in [4.78, 5) is 16.8. The molecular formula is C11H12N2O2. The van der Waals surface area contributed by atoms with Crippen molar-refractivity contribution in [3.05, 3.63) is 17.8 Å². The lowest BCUT2D eigenvalue weighted by molar-refractivity contribution is -0.107. The third-order valence-electron chi connectivity index (χ3n) is 2.91. The maximum atomic E-state index is 10.9. The number of ether oxygens (including phenoxy) is 1. The van der Waals surface area contributed by atoms with E-state index in [9.17, 15) is 4.79 Å². The minimum absolute atomic E-state index is 0.529. The van der Waals surface area contributed by atoms with E-state index in [4.69, 9.17) is 4.74 Å². The molecule has 1 saturated carbocycles. The molecule has 1 aromatic rings. The Labute approximate surface area is 87.9 Å². The Bertz CT molecular complexity index is 402. The van der Waals surface area contributed by atoms with E-state index in [1.54, 1.807) is 4.90 Å². The molecule has 1 amide bonds. The third kappa shape index (κ3) is 1.46. The number of pyridine rings is 1. The van der Waals surface area contributed by atoms with Crippen molar-refractivity contribution in [2.45, 2.75) is 18.8 Å². The van der Waals surface area contributed by atoms with E-state index in [1.807, 2.05) is 12.3 Å². The number of fused-ring (bicyclic) bond motifs is 1. The van der Waals surface area contributed by atoms with Gasteiger partial charge >= 0.3 is 0 Å². The van der Waals surface area contributed by atoms with Gasteiger partial charge < -0.3 is 9.64 Å². The van der Waals surface area contributed by atoms with Crippen LogP contribution in [0.1, 0.15) is 24.3 Å². The molecule has 3 rings (SSSR count). The van der Waals surface area contributed by atoms with Crippen molar-refractivity contribution >= 4 is 12.1 Å². The molecule has 1 fully saturated rings. The molecule has 2 heterocycles. The molecule has 1 aliphatic heterocycles. The van der Waals surface area contributed by atoms with Crippen molar-refractivity contribution in [3.8, 4) is 5.88 Å². The molecule has 0 bridgehead atoms. The van der Waals surface area contributed by atoms with Gasteiger partial charge in [0, 0.05) is 6.20 Å². The highest BCUT2D eigenvalue weighted by Crippen LogP contribution is 2.42. The summed E-state index contributed by atoms with van der Waals surface area (Å²) >= 11 is 0. The second-order valence-electron chi connectivity index (χ2n) is 4.01. The van der Waals surface area contributed by atoms with Gasteiger partial charge in [0.15, 0.2) is 0 Å². The van der Waals surface area contributed by atoms with Crippen LogP contribution in [0.15, 0.2) is 12.3 Å². The second-order valence-corrected chi connectivity index (χ2v) is 4.01. The van der Waals surface area contributed by atoms with Gasteiger partial charge in [-0.15, -0.1) is 0 Å². The van der Waals surface area contributed by atoms with Crippen LogP contribution in [0.25, 0.3) is 0 Å². The highest BCUT2D eigenvalue weighted by molar-refractivity contribution is 5.78. The molecule has 1 aliphatic carbocycles. The number of aromatic nitrogens is 1. The predicted octanol–water partition coefficient (Wildman–Crippen LogP) is 1.31. The van der Waals surface area contributed by atoms with E-state index in [-0.39, 0.29) is 0 Å². The zero-order valence-corrected chi connectivity index (χ0v) is 8.35. The van der Waals surface area contributed by atoms with E-state index in [0.717, 1.165) is 12.1 Å². The fourth-order valence-corrected chi connectivity index (χ4v) is 1.88. The van der Waals surface area contributed by atoms with Gasteiger partial charge in [0.1, 0.15) is 12.3 Å². The van der Waals surface area contributed by atoms with Crippen LogP contribution in [0, 0.1) is 0 Å². The van der Waals surface area contributed by atoms with Gasteiger partial charge in [-0.1, -0.05) is 0 Å². The van der Waals surface area contributed by atoms with Gasteiger partial charge in [-0.25, -0.2) is 4.98 Å². The van der Waals surface area contributed by atoms with Crippen LogP contribution in [0.5, 0.6) is 5.88 Å². The van der Waals surface area contributed by atoms with Gasteiger partial charge in [0.25, 0.3) is 0 Å². The van der Waals surface area contributed by atoms with E-state index in [1.165, 1.54) is 18.4 Å². The summed E-state index contributed by atoms with van der Waals surface area (Å²) in [6, 6.07) is 2.04. The fourth-order valence-electron chi connectivity index (χ4n) is 1.88. The summed E-state index contributed by atoms with van der Waals surface area (Å²) in [5.74, 6) is 1.23. The van der Waals surface area contributed by atoms with Gasteiger partial charge in [-0.2, -0.15) is 0 Å². The van der Waals surface area contributed by atoms with Gasteiger partial charge in [0.05, 0.1) is 6.54 Å². The van der Waals surface area contributed by atoms with Crippen molar-refractivity contribution in [2.75, 3.05) is 18.1 Å². The molecule has 0 saturated heterocycles. The molecule has 78 valence electrons. The average Bonchev–Trinajstić information content (AvgIpc) is 3.11. The van der Waals surface area contributed by atoms with Crippen LogP contribution >= 0.6 is 0 Å². The Balaban J connectivity index is 2.02. The fraction of sp³-hybridized carbons (Fsp3) is 0.455. The van der Waals surface area contributed by atoms with E-state index >= 15 is 0 Å². The van der Waals surface area contributed by atoms with Crippen molar-refractivity contribution < 1.29 is 9.53 Å². The number of anilines is 1. The molecule has 1 aromatic heterocycles. The quantitative estimate of drug-likeness (QED) is 0.682. The summed E-state index contributed by atoms with van der Waals surface area (Å²) in [5.41, 5.74) is 2.05. The summed E-state index contributed by atoms with van der Waals surface area (Å²) in [7, 11) is 0. The lowest BCUT2D eigenvalue weighted by Crippen LogP contribution is -2.31. The monoisotopic (exact) mass is 204 g/mol. The average molecular weight is 204 g/mol. The highest BCUT2D eigenvalue weighted by Gasteiger charge is 2.27. The molecule has 0 unspecified atom stereocenters. The van der Waals surface area contributed by atoms with Crippen LogP contribution in [-0.2, 0) is 4.79 Å². The molecule has 2 aliphatic rings. The largest absolute Gasteiger partial charge is 0.474 e. The number of carbonyl (C=O) groups excluding carboxylic acids is 1. The maximum Gasteiger partial charge on any atom is 0.238 e. The summed E-state index contributed by atoms with van der Waals surface area (Å²) in [6.45, 7) is 1.15. The van der Waals surface area contributed by atoms with Gasteiger partial charge in [-0.3, -0.25) is 4.79 Å². The Morgan fingerprint density at radius 1 is 1.53 bits per heavy atom. The SMILES string of the molecule is O=CN1CCOc2ncc(C3CC3)cc21. The first-order valence-electron chi connectivity index (χ1n) is 5.23. The smallest absolute Gasteiger partial charge is 0.238 e. The number of nitrogens with zero attached hydrogens (tertiary/aromatic N) is 2. The van der Waals surface area contributed by atoms with Crippen LogP contribution in [0.4, 0.5) is 5.69 Å². The Hall–Kier alpha value is -1.58. The van der Waals surface area contributed by atoms with Crippen LogP contribution < -0.4 is 9.64 Å². The Kier molecular flexibility index (Phi) is 1.87. The van der Waals surface area contributed by atoms with Gasteiger partial charge in [-0.05, 0) is 30.4 Å². The minimum Gasteiger partial charge on any atom is -0.474 e. The van der Waals surface area contributed by atoms with Crippen molar-refractivity contribution in [1.29, 1.82) is 0 Å². The van der Waals surface area contributed by atoms with Crippen molar-refractivity contribution in [3.63, 3.8) is 0 Å². The van der Waals surface area contributed by atoms with E-state index < -0.39 is 0 Å². The topological polar surface area (TPSA) is 42.4 Å². The molecular weight excluding hydrogens is 192 g/mol. The summed E-state index contributed by atoms with van der Waals surface area (Å²) in [5, 5.41) is 0. The number of hydrogen-bond donors (Lipinski definition) is 0. The lowest BCUT2D eigenvalue weighted by atomic mass is 10.1. The van der Waals surface area contributed by atoms with E-state index in [2.05, 4.69) is 4.98 Å². The molecule has 4 nitrogen and oxygen atoms in total. The molecule has 0 radical (unpaired) electrons. The van der Waals surface area contributed by atoms with Gasteiger partial charge in [0.2, 0.25) is 12.3 Å². The molecule has 0 aromatic carbocycles. The standard InChI is InChI=1S/C11H12N2O2/c14-7-13-3-4-15-11-10(13)5-9(6-12-11)8-1-2-8/h5-8H,1-4H2. The maximum absolute atomic E-state index is 10.9. The summed E-state index contributed by atoms with van der Waals surface area (Å²) in [6.07, 6.45) is 5.19. The first-order valence-corrected chi connectivity index (χ1v) is 5.23. The number of carbonyl (C=O) groups is 1. The summed E-state index contributed by atoms with van der Waals surface area (Å²) < 4.78 is 5.40. The zero-order valence-electron chi connectivity index (χ0n) is 8.35. The normalized spacial score (nSPS) is 19.3. The molecule has 0 atom stereocenters. The first-order chi connectivity index (χ1) is 7.38. The number of amides is 1. The van der Waals surface area contributed by atoms with Crippen LogP contribution in [0.2, 0.25) is 0 Å². The molecule has 4 heteroatoms.